The number of hydrogen-bond donors (Lipinski definition) is 0. The molecule has 4 nitrogen and oxygen atoms in total. The Bertz CT molecular complexity index is 543. The van der Waals surface area contributed by atoms with Gasteiger partial charge in [-0.1, -0.05) is 52.8 Å². The van der Waals surface area contributed by atoms with Gasteiger partial charge in [-0.2, -0.15) is 0 Å². The van der Waals surface area contributed by atoms with Crippen LogP contribution in [-0.4, -0.2) is 24.5 Å². The van der Waals surface area contributed by atoms with Gasteiger partial charge in [-0.05, 0) is 29.4 Å². The summed E-state index contributed by atoms with van der Waals surface area (Å²) in [5, 5.41) is 0. The Morgan fingerprint density at radius 1 is 1.12 bits per heavy atom. The van der Waals surface area contributed by atoms with Crippen molar-refractivity contribution in [1.29, 1.82) is 0 Å². The van der Waals surface area contributed by atoms with E-state index in [1.165, 1.54) is 4.90 Å². The summed E-state index contributed by atoms with van der Waals surface area (Å²) in [7, 11) is 0. The predicted molar refractivity (Wildman–Crippen MR) is 98.7 cm³/mol. The molecule has 0 bridgehead atoms. The van der Waals surface area contributed by atoms with Crippen molar-refractivity contribution >= 4 is 29.2 Å². The molecule has 0 saturated heterocycles. The van der Waals surface area contributed by atoms with Crippen molar-refractivity contribution in [3.63, 3.8) is 0 Å². The van der Waals surface area contributed by atoms with Crippen LogP contribution in [0.4, 0.5) is 5.69 Å². The number of anilines is 1. The van der Waals surface area contributed by atoms with Crippen molar-refractivity contribution in [3.05, 3.63) is 29.3 Å². The molecule has 0 atom stereocenters. The maximum absolute atomic E-state index is 12.4. The largest absolute Gasteiger partial charge is 0.444 e. The van der Waals surface area contributed by atoms with Gasteiger partial charge >= 0.3 is 5.97 Å². The molecule has 1 aromatic carbocycles. The quantitative estimate of drug-likeness (QED) is 0.383. The SMILES string of the molecule is CCCC(=O)OCN(C(=O)CCl)c1c(C(C)C)cccc1C(C)C. The molecule has 0 N–H and O–H groups in total. The van der Waals surface area contributed by atoms with Crippen LogP contribution in [0.2, 0.25) is 0 Å². The standard InChI is InChI=1S/C19H28ClNO3/c1-6-8-18(23)24-12-21(17(22)11-20)19-15(13(2)3)9-7-10-16(19)14(4)5/h7,9-10,13-14H,6,8,11-12H2,1-5H3. The van der Waals surface area contributed by atoms with E-state index in [2.05, 4.69) is 27.7 Å². The molecule has 1 amide bonds. The average Bonchev–Trinajstić information content (AvgIpc) is 2.54. The van der Waals surface area contributed by atoms with E-state index in [0.29, 0.717) is 12.8 Å². The molecular weight excluding hydrogens is 326 g/mol. The smallest absolute Gasteiger partial charge is 0.307 e. The highest BCUT2D eigenvalue weighted by Gasteiger charge is 2.24. The highest BCUT2D eigenvalue weighted by atomic mass is 35.5. The minimum absolute atomic E-state index is 0.103. The number of benzene rings is 1. The summed E-state index contributed by atoms with van der Waals surface area (Å²) in [6.07, 6.45) is 1.05. The summed E-state index contributed by atoms with van der Waals surface area (Å²) < 4.78 is 5.30. The molecule has 5 heteroatoms. The first-order valence-electron chi connectivity index (χ1n) is 8.48. The third-order valence-electron chi connectivity index (χ3n) is 3.84. The van der Waals surface area contributed by atoms with Crippen LogP contribution in [0.3, 0.4) is 0 Å². The fourth-order valence-corrected chi connectivity index (χ4v) is 2.71. The highest BCUT2D eigenvalue weighted by Crippen LogP contribution is 2.35. The number of esters is 1. The van der Waals surface area contributed by atoms with E-state index in [-0.39, 0.29) is 36.3 Å². The number of para-hydroxylation sites is 1. The molecule has 0 aliphatic rings. The second kappa shape index (κ2) is 9.67. The van der Waals surface area contributed by atoms with Crippen LogP contribution in [0.25, 0.3) is 0 Å². The number of halogens is 1. The lowest BCUT2D eigenvalue weighted by Gasteiger charge is -2.29. The fraction of sp³-hybridized carbons (Fsp3) is 0.579. The molecular formula is C19H28ClNO3. The van der Waals surface area contributed by atoms with Crippen LogP contribution in [0.1, 0.15) is 70.4 Å². The van der Waals surface area contributed by atoms with Gasteiger partial charge in [0.25, 0.3) is 0 Å². The van der Waals surface area contributed by atoms with Gasteiger partial charge in [0.05, 0.1) is 5.69 Å². The molecule has 0 unspecified atom stereocenters. The molecule has 0 aromatic heterocycles. The van der Waals surface area contributed by atoms with Gasteiger partial charge in [-0.15, -0.1) is 11.6 Å². The molecule has 0 spiro atoms. The zero-order valence-electron chi connectivity index (χ0n) is 15.3. The van der Waals surface area contributed by atoms with Gasteiger partial charge in [0, 0.05) is 6.42 Å². The minimum Gasteiger partial charge on any atom is -0.444 e. The van der Waals surface area contributed by atoms with Crippen molar-refractivity contribution < 1.29 is 14.3 Å². The van der Waals surface area contributed by atoms with Crippen LogP contribution in [0.5, 0.6) is 0 Å². The maximum Gasteiger partial charge on any atom is 0.307 e. The zero-order chi connectivity index (χ0) is 18.3. The number of alkyl halides is 1. The minimum atomic E-state index is -0.307. The molecule has 0 radical (unpaired) electrons. The van der Waals surface area contributed by atoms with Crippen LogP contribution in [0, 0.1) is 0 Å². The van der Waals surface area contributed by atoms with Crippen molar-refractivity contribution in [2.75, 3.05) is 17.5 Å². The normalized spacial score (nSPS) is 11.0. The first-order chi connectivity index (χ1) is 11.3. The van der Waals surface area contributed by atoms with Crippen molar-refractivity contribution in [2.45, 2.75) is 59.3 Å². The Morgan fingerprint density at radius 3 is 2.08 bits per heavy atom. The molecule has 134 valence electrons. The lowest BCUT2D eigenvalue weighted by molar-refractivity contribution is -0.144. The first kappa shape index (κ1) is 20.5. The zero-order valence-corrected chi connectivity index (χ0v) is 16.0. The Hall–Kier alpha value is -1.55. The second-order valence-corrected chi connectivity index (χ2v) is 6.71. The van der Waals surface area contributed by atoms with E-state index in [4.69, 9.17) is 16.3 Å². The predicted octanol–water partition coefficient (Wildman–Crippen LogP) is 4.81. The number of amides is 1. The summed E-state index contributed by atoms with van der Waals surface area (Å²) in [5.41, 5.74) is 2.91. The molecule has 0 aliphatic heterocycles. The molecule has 0 aliphatic carbocycles. The molecule has 0 heterocycles. The van der Waals surface area contributed by atoms with Crippen LogP contribution in [0.15, 0.2) is 18.2 Å². The lowest BCUT2D eigenvalue weighted by atomic mass is 9.92. The van der Waals surface area contributed by atoms with Gasteiger partial charge < -0.3 is 4.74 Å². The van der Waals surface area contributed by atoms with Gasteiger partial charge in [-0.25, -0.2) is 0 Å². The fourth-order valence-electron chi connectivity index (χ4n) is 2.57. The Labute approximate surface area is 150 Å². The summed E-state index contributed by atoms with van der Waals surface area (Å²) in [4.78, 5) is 25.7. The number of carbonyl (C=O) groups excluding carboxylic acids is 2. The summed E-state index contributed by atoms with van der Waals surface area (Å²) in [5.74, 6) is -0.268. The number of nitrogens with zero attached hydrogens (tertiary/aromatic N) is 1. The summed E-state index contributed by atoms with van der Waals surface area (Å²) >= 11 is 5.81. The van der Waals surface area contributed by atoms with E-state index in [1.54, 1.807) is 0 Å². The summed E-state index contributed by atoms with van der Waals surface area (Å²) in [6.45, 7) is 10.1. The number of rotatable bonds is 8. The highest BCUT2D eigenvalue weighted by molar-refractivity contribution is 6.29. The average molecular weight is 354 g/mol. The lowest BCUT2D eigenvalue weighted by Crippen LogP contribution is -2.36. The van der Waals surface area contributed by atoms with Crippen molar-refractivity contribution in [2.24, 2.45) is 0 Å². The third kappa shape index (κ3) is 5.23. The van der Waals surface area contributed by atoms with E-state index >= 15 is 0 Å². The Morgan fingerprint density at radius 2 is 1.67 bits per heavy atom. The monoisotopic (exact) mass is 353 g/mol. The third-order valence-corrected chi connectivity index (χ3v) is 4.07. The van der Waals surface area contributed by atoms with E-state index in [0.717, 1.165) is 16.8 Å². The number of hydrogen-bond acceptors (Lipinski definition) is 3. The topological polar surface area (TPSA) is 46.6 Å². The van der Waals surface area contributed by atoms with Gasteiger partial charge in [0.15, 0.2) is 6.73 Å². The van der Waals surface area contributed by atoms with Crippen LogP contribution in [-0.2, 0) is 14.3 Å². The maximum atomic E-state index is 12.4. The molecule has 1 aromatic rings. The molecule has 24 heavy (non-hydrogen) atoms. The van der Waals surface area contributed by atoms with Gasteiger partial charge in [0.2, 0.25) is 5.91 Å². The van der Waals surface area contributed by atoms with Gasteiger partial charge in [0.1, 0.15) is 5.88 Å². The van der Waals surface area contributed by atoms with Crippen LogP contribution >= 0.6 is 11.6 Å². The molecule has 0 saturated carbocycles. The Balaban J connectivity index is 3.30. The van der Waals surface area contributed by atoms with E-state index < -0.39 is 0 Å². The number of ether oxygens (including phenoxy) is 1. The van der Waals surface area contributed by atoms with Crippen molar-refractivity contribution in [3.8, 4) is 0 Å². The second-order valence-electron chi connectivity index (χ2n) is 6.45. The summed E-state index contributed by atoms with van der Waals surface area (Å²) in [6, 6.07) is 6.02. The van der Waals surface area contributed by atoms with Gasteiger partial charge in [-0.3, -0.25) is 14.5 Å². The molecule has 1 rings (SSSR count). The van der Waals surface area contributed by atoms with E-state index in [1.807, 2.05) is 25.1 Å². The Kier molecular flexibility index (Phi) is 8.26. The number of carbonyl (C=O) groups is 2. The van der Waals surface area contributed by atoms with Crippen LogP contribution < -0.4 is 4.90 Å². The van der Waals surface area contributed by atoms with Crippen molar-refractivity contribution in [1.82, 2.24) is 0 Å². The molecule has 0 fully saturated rings. The first-order valence-corrected chi connectivity index (χ1v) is 9.01. The van der Waals surface area contributed by atoms with E-state index in [9.17, 15) is 9.59 Å².